The largest absolute Gasteiger partial charge is 0.237 e. The molecule has 0 aliphatic heterocycles. The van der Waals surface area contributed by atoms with Gasteiger partial charge in [-0.2, -0.15) is 23.0 Å². The molecule has 0 saturated heterocycles. The Hall–Kier alpha value is -3.03. The van der Waals surface area contributed by atoms with Crippen molar-refractivity contribution in [2.45, 2.75) is 13.8 Å². The van der Waals surface area contributed by atoms with Gasteiger partial charge in [0.25, 0.3) is 0 Å². The van der Waals surface area contributed by atoms with E-state index in [4.69, 9.17) is 10.5 Å². The van der Waals surface area contributed by atoms with Crippen molar-refractivity contribution in [3.8, 4) is 18.2 Å². The maximum Gasteiger partial charge on any atom is 0.164 e. The Morgan fingerprint density at radius 1 is 1.10 bits per heavy atom. The summed E-state index contributed by atoms with van der Waals surface area (Å²) in [6.07, 6.45) is 3.68. The number of allylic oxidation sites excluding steroid dienone is 2. The molecule has 0 amide bonds. The first-order chi connectivity index (χ1) is 10.2. The number of hydrogen-bond donors (Lipinski definition) is 0. The van der Waals surface area contributed by atoms with Gasteiger partial charge in [-0.25, -0.2) is 15.1 Å². The second kappa shape index (κ2) is 8.20. The first-order valence-corrected chi connectivity index (χ1v) is 6.67. The van der Waals surface area contributed by atoms with E-state index < -0.39 is 0 Å². The fourth-order valence-electron chi connectivity index (χ4n) is 1.78. The predicted molar refractivity (Wildman–Crippen MR) is 81.0 cm³/mol. The molecule has 0 heterocycles. The summed E-state index contributed by atoms with van der Waals surface area (Å²) in [5.74, 6) is 0.0683. The molecule has 0 bridgehead atoms. The molecule has 1 aromatic rings. The van der Waals surface area contributed by atoms with E-state index in [2.05, 4.69) is 24.5 Å². The Kier molecular flexibility index (Phi) is 6.26. The molecule has 104 valence electrons. The number of nitrogens with zero attached hydrogens (tertiary/aromatic N) is 4. The monoisotopic (exact) mass is 276 g/mol. The first-order valence-electron chi connectivity index (χ1n) is 6.67. The van der Waals surface area contributed by atoms with Crippen LogP contribution in [0.15, 0.2) is 30.3 Å². The second-order valence-electron chi connectivity index (χ2n) is 4.24. The number of nitriles is 3. The summed E-state index contributed by atoms with van der Waals surface area (Å²) in [6, 6.07) is 12.7. The van der Waals surface area contributed by atoms with Crippen molar-refractivity contribution < 1.29 is 4.58 Å². The standard InChI is InChI=1S/C17H16N4/c1-3-21(4-2)10-9-16(11-18)14-5-7-15(8-6-14)17(12-19)13-20/h5-10H,3-4H2,1-2H3/b16-9-. The molecule has 4 heteroatoms. The SMILES string of the molecule is CC[N+](=C/C=C(/C#N)c1ccc([C-](C#N)C#N)cc1)CC. The molecule has 0 fully saturated rings. The van der Waals surface area contributed by atoms with Crippen LogP contribution in [0.5, 0.6) is 0 Å². The van der Waals surface area contributed by atoms with Gasteiger partial charge in [-0.15, -0.1) is 12.1 Å². The summed E-state index contributed by atoms with van der Waals surface area (Å²) in [4.78, 5) is 0. The van der Waals surface area contributed by atoms with Gasteiger partial charge >= 0.3 is 0 Å². The van der Waals surface area contributed by atoms with Gasteiger partial charge < -0.3 is 0 Å². The molecule has 0 atom stereocenters. The maximum atomic E-state index is 9.24. The van der Waals surface area contributed by atoms with E-state index in [0.717, 1.165) is 18.7 Å². The molecule has 0 aliphatic carbocycles. The number of rotatable bonds is 5. The molecular weight excluding hydrogens is 260 g/mol. The number of benzene rings is 1. The van der Waals surface area contributed by atoms with Gasteiger partial charge in [0.05, 0.1) is 11.6 Å². The molecule has 0 unspecified atom stereocenters. The van der Waals surface area contributed by atoms with Crippen molar-refractivity contribution in [2.75, 3.05) is 13.1 Å². The highest BCUT2D eigenvalue weighted by Gasteiger charge is 2.02. The molecule has 0 spiro atoms. The highest BCUT2D eigenvalue weighted by Crippen LogP contribution is 2.18. The lowest BCUT2D eigenvalue weighted by molar-refractivity contribution is -0.515. The minimum Gasteiger partial charge on any atom is -0.237 e. The minimum atomic E-state index is 0.0683. The van der Waals surface area contributed by atoms with Crippen molar-refractivity contribution in [1.82, 2.24) is 0 Å². The van der Waals surface area contributed by atoms with E-state index in [-0.39, 0.29) is 5.92 Å². The lowest BCUT2D eigenvalue weighted by Gasteiger charge is -2.10. The van der Waals surface area contributed by atoms with Crippen LogP contribution < -0.4 is 0 Å². The second-order valence-corrected chi connectivity index (χ2v) is 4.24. The Morgan fingerprint density at radius 3 is 2.10 bits per heavy atom. The van der Waals surface area contributed by atoms with Crippen LogP contribution >= 0.6 is 0 Å². The van der Waals surface area contributed by atoms with E-state index in [1.165, 1.54) is 0 Å². The summed E-state index contributed by atoms with van der Waals surface area (Å²) in [7, 11) is 0. The third-order valence-corrected chi connectivity index (χ3v) is 3.09. The van der Waals surface area contributed by atoms with Crippen LogP contribution in [0.1, 0.15) is 25.0 Å². The Balaban J connectivity index is 3.08. The Bertz CT molecular complexity index is 641. The van der Waals surface area contributed by atoms with Gasteiger partial charge in [-0.1, -0.05) is 0 Å². The zero-order valence-corrected chi connectivity index (χ0v) is 12.2. The summed E-state index contributed by atoms with van der Waals surface area (Å²) in [5.41, 5.74) is 1.87. The van der Waals surface area contributed by atoms with Gasteiger partial charge in [0, 0.05) is 24.1 Å². The van der Waals surface area contributed by atoms with E-state index in [1.54, 1.807) is 30.3 Å². The van der Waals surface area contributed by atoms with Crippen molar-refractivity contribution in [3.63, 3.8) is 0 Å². The zero-order valence-electron chi connectivity index (χ0n) is 12.2. The molecule has 0 radical (unpaired) electrons. The van der Waals surface area contributed by atoms with Crippen LogP contribution in [0.3, 0.4) is 0 Å². The molecule has 1 rings (SSSR count). The summed E-state index contributed by atoms with van der Waals surface area (Å²) < 4.78 is 2.09. The maximum absolute atomic E-state index is 9.24. The molecule has 21 heavy (non-hydrogen) atoms. The third-order valence-electron chi connectivity index (χ3n) is 3.09. The lowest BCUT2D eigenvalue weighted by Crippen LogP contribution is -2.10. The van der Waals surface area contributed by atoms with Gasteiger partial charge in [-0.3, -0.25) is 0 Å². The van der Waals surface area contributed by atoms with Crippen LogP contribution in [-0.4, -0.2) is 23.9 Å². The zero-order chi connectivity index (χ0) is 15.7. The Morgan fingerprint density at radius 2 is 1.67 bits per heavy atom. The summed E-state index contributed by atoms with van der Waals surface area (Å²) in [5, 5.41) is 26.9. The lowest BCUT2D eigenvalue weighted by atomic mass is 9.98. The van der Waals surface area contributed by atoms with E-state index in [9.17, 15) is 5.26 Å². The fraction of sp³-hybridized carbons (Fsp3) is 0.235. The minimum absolute atomic E-state index is 0.0683. The molecule has 0 aromatic heterocycles. The molecule has 4 nitrogen and oxygen atoms in total. The number of hydrogen-bond acceptors (Lipinski definition) is 3. The molecule has 0 saturated carbocycles. The van der Waals surface area contributed by atoms with Crippen LogP contribution in [0, 0.1) is 39.9 Å². The molecule has 0 N–H and O–H groups in total. The van der Waals surface area contributed by atoms with Gasteiger partial charge in [0.1, 0.15) is 13.1 Å². The fourth-order valence-corrected chi connectivity index (χ4v) is 1.78. The van der Waals surface area contributed by atoms with Crippen LogP contribution in [0.25, 0.3) is 5.57 Å². The average molecular weight is 276 g/mol. The first kappa shape index (κ1) is 16.0. The normalized spacial score (nSPS) is 9.95. The van der Waals surface area contributed by atoms with Crippen LogP contribution in [-0.2, 0) is 0 Å². The van der Waals surface area contributed by atoms with E-state index in [0.29, 0.717) is 11.1 Å². The van der Waals surface area contributed by atoms with Gasteiger partial charge in [0.15, 0.2) is 6.21 Å². The van der Waals surface area contributed by atoms with Crippen molar-refractivity contribution in [1.29, 1.82) is 15.8 Å². The average Bonchev–Trinajstić information content (AvgIpc) is 2.54. The highest BCUT2D eigenvalue weighted by molar-refractivity contribution is 5.88. The molecular formula is C17H16N4. The van der Waals surface area contributed by atoms with Gasteiger partial charge in [0.2, 0.25) is 0 Å². The van der Waals surface area contributed by atoms with E-state index >= 15 is 0 Å². The van der Waals surface area contributed by atoms with Crippen molar-refractivity contribution in [2.24, 2.45) is 0 Å². The highest BCUT2D eigenvalue weighted by atomic mass is 15.0. The summed E-state index contributed by atoms with van der Waals surface area (Å²) >= 11 is 0. The molecule has 1 aromatic carbocycles. The Labute approximate surface area is 125 Å². The molecule has 0 aliphatic rings. The van der Waals surface area contributed by atoms with Crippen molar-refractivity contribution in [3.05, 3.63) is 47.4 Å². The van der Waals surface area contributed by atoms with Gasteiger partial charge in [-0.05, 0) is 19.4 Å². The van der Waals surface area contributed by atoms with Crippen molar-refractivity contribution >= 4 is 11.8 Å². The third kappa shape index (κ3) is 4.23. The quantitative estimate of drug-likeness (QED) is 0.359. The predicted octanol–water partition coefficient (Wildman–Crippen LogP) is 2.69. The smallest absolute Gasteiger partial charge is 0.164 e. The topological polar surface area (TPSA) is 74.4 Å². The summed E-state index contributed by atoms with van der Waals surface area (Å²) in [6.45, 7) is 5.87. The van der Waals surface area contributed by atoms with Crippen LogP contribution in [0.2, 0.25) is 0 Å². The van der Waals surface area contributed by atoms with E-state index in [1.807, 2.05) is 18.4 Å². The van der Waals surface area contributed by atoms with Crippen LogP contribution in [0.4, 0.5) is 0 Å².